The van der Waals surface area contributed by atoms with Crippen molar-refractivity contribution in [1.82, 2.24) is 15.2 Å². The molecule has 0 unspecified atom stereocenters. The first-order valence-electron chi connectivity index (χ1n) is 8.18. The Balaban J connectivity index is 1.96. The van der Waals surface area contributed by atoms with Crippen molar-refractivity contribution >= 4 is 27.7 Å². The number of rotatable bonds is 2. The highest BCUT2D eigenvalue weighted by Gasteiger charge is 2.40. The predicted octanol–water partition coefficient (Wildman–Crippen LogP) is 2.87. The molecule has 4 rings (SSSR count). The molecule has 0 spiro atoms. The van der Waals surface area contributed by atoms with Crippen molar-refractivity contribution in [2.24, 2.45) is 5.73 Å². The maximum Gasteiger partial charge on any atom is 0.231 e. The van der Waals surface area contributed by atoms with E-state index in [0.717, 1.165) is 22.2 Å². The van der Waals surface area contributed by atoms with Crippen molar-refractivity contribution in [2.45, 2.75) is 25.2 Å². The summed E-state index contributed by atoms with van der Waals surface area (Å²) < 4.78 is 0.931. The van der Waals surface area contributed by atoms with E-state index in [-0.39, 0.29) is 11.6 Å². The Kier molecular flexibility index (Phi) is 4.09. The first-order valence-corrected chi connectivity index (χ1v) is 8.98. The average Bonchev–Trinajstić information content (AvgIpc) is 3.16. The van der Waals surface area contributed by atoms with Crippen molar-refractivity contribution in [3.05, 3.63) is 63.3 Å². The van der Waals surface area contributed by atoms with E-state index in [1.54, 1.807) is 4.90 Å². The number of halogens is 1. The Labute approximate surface area is 158 Å². The number of nitrogens with two attached hydrogens (primary N) is 1. The number of aromatic amines is 1. The van der Waals surface area contributed by atoms with Crippen molar-refractivity contribution in [3.63, 3.8) is 0 Å². The summed E-state index contributed by atoms with van der Waals surface area (Å²) in [6.45, 7) is 0. The van der Waals surface area contributed by atoms with Gasteiger partial charge in [-0.1, -0.05) is 28.1 Å². The molecule has 0 bridgehead atoms. The minimum atomic E-state index is -0.463. The number of carbonyl (C=O) groups is 1. The predicted molar refractivity (Wildman–Crippen MR) is 98.5 cm³/mol. The van der Waals surface area contributed by atoms with Gasteiger partial charge in [-0.05, 0) is 30.5 Å². The first-order chi connectivity index (χ1) is 12.6. The number of H-pyrrole nitrogens is 1. The summed E-state index contributed by atoms with van der Waals surface area (Å²) >= 11 is 3.42. The number of ketones is 1. The number of hydrogen-bond acceptors (Lipinski definition) is 6. The Bertz CT molecular complexity index is 968. The van der Waals surface area contributed by atoms with Crippen LogP contribution in [-0.4, -0.2) is 21.0 Å². The van der Waals surface area contributed by atoms with Crippen LogP contribution in [0.25, 0.3) is 0 Å². The molecule has 0 radical (unpaired) electrons. The zero-order valence-electron chi connectivity index (χ0n) is 13.7. The molecule has 2 heterocycles. The number of aromatic nitrogens is 3. The van der Waals surface area contributed by atoms with Gasteiger partial charge in [-0.25, -0.2) is 5.10 Å². The van der Waals surface area contributed by atoms with Crippen LogP contribution in [0.1, 0.15) is 30.7 Å². The molecule has 8 heteroatoms. The summed E-state index contributed by atoms with van der Waals surface area (Å²) in [6, 6.07) is 9.84. The van der Waals surface area contributed by atoms with Crippen LogP contribution in [0.15, 0.2) is 57.7 Å². The fraction of sp³-hybridized carbons (Fsp3) is 0.222. The van der Waals surface area contributed by atoms with Gasteiger partial charge in [0.2, 0.25) is 5.95 Å². The van der Waals surface area contributed by atoms with Crippen LogP contribution in [-0.2, 0) is 4.79 Å². The minimum Gasteiger partial charge on any atom is -0.384 e. The zero-order chi connectivity index (χ0) is 18.3. The summed E-state index contributed by atoms with van der Waals surface area (Å²) in [5, 5.41) is 16.5. The molecule has 1 aliphatic carbocycles. The Morgan fingerprint density at radius 1 is 1.31 bits per heavy atom. The van der Waals surface area contributed by atoms with E-state index in [1.165, 1.54) is 6.33 Å². The van der Waals surface area contributed by atoms with Crippen molar-refractivity contribution in [2.75, 3.05) is 4.90 Å². The lowest BCUT2D eigenvalue weighted by Crippen LogP contribution is -2.39. The van der Waals surface area contributed by atoms with E-state index in [9.17, 15) is 10.1 Å². The molecule has 0 saturated heterocycles. The number of Topliss-reactive ketones (excluding diaryl/α,β-unsaturated/α-hetero) is 1. The molecule has 2 aliphatic rings. The third-order valence-corrected chi connectivity index (χ3v) is 5.26. The standard InChI is InChI=1S/C18H15BrN6O/c19-11-6-4-10(5-7-11)15-12(8-20)17(21)25(18-22-9-23-24-18)13-2-1-3-14(26)16(13)15/h4-7,9,15H,1-3,21H2,(H,22,23,24)/t15-/m1/s1. The Morgan fingerprint density at radius 2 is 2.08 bits per heavy atom. The molecular weight excluding hydrogens is 396 g/mol. The molecule has 0 amide bonds. The smallest absolute Gasteiger partial charge is 0.231 e. The van der Waals surface area contributed by atoms with E-state index < -0.39 is 5.92 Å². The van der Waals surface area contributed by atoms with Crippen LogP contribution in [0, 0.1) is 11.3 Å². The maximum atomic E-state index is 12.8. The average molecular weight is 411 g/mol. The van der Waals surface area contributed by atoms with E-state index >= 15 is 0 Å². The van der Waals surface area contributed by atoms with Crippen LogP contribution in [0.3, 0.4) is 0 Å². The molecular formula is C18H15BrN6O. The van der Waals surface area contributed by atoms with Gasteiger partial charge in [0.15, 0.2) is 5.78 Å². The molecule has 1 aromatic carbocycles. The van der Waals surface area contributed by atoms with E-state index in [0.29, 0.717) is 29.9 Å². The number of hydrogen-bond donors (Lipinski definition) is 2. The lowest BCUT2D eigenvalue weighted by molar-refractivity contribution is -0.116. The highest BCUT2D eigenvalue weighted by molar-refractivity contribution is 9.10. The second-order valence-electron chi connectivity index (χ2n) is 6.18. The van der Waals surface area contributed by atoms with Crippen molar-refractivity contribution in [3.8, 4) is 6.07 Å². The van der Waals surface area contributed by atoms with Crippen LogP contribution in [0.5, 0.6) is 0 Å². The number of carbonyl (C=O) groups excluding carboxylic acids is 1. The van der Waals surface area contributed by atoms with Gasteiger partial charge in [0.05, 0.1) is 17.6 Å². The molecule has 7 nitrogen and oxygen atoms in total. The fourth-order valence-electron chi connectivity index (χ4n) is 3.62. The van der Waals surface area contributed by atoms with Gasteiger partial charge in [0.1, 0.15) is 12.1 Å². The number of nitrogens with zero attached hydrogens (tertiary/aromatic N) is 4. The third kappa shape index (κ3) is 2.52. The molecule has 130 valence electrons. The largest absolute Gasteiger partial charge is 0.384 e. The second kappa shape index (κ2) is 6.42. The molecule has 1 atom stereocenters. The molecule has 3 N–H and O–H groups in total. The lowest BCUT2D eigenvalue weighted by Gasteiger charge is -2.38. The van der Waals surface area contributed by atoms with Gasteiger partial charge in [0.25, 0.3) is 0 Å². The van der Waals surface area contributed by atoms with Gasteiger partial charge in [-0.15, -0.1) is 0 Å². The Hall–Kier alpha value is -2.92. The number of allylic oxidation sites excluding steroid dienone is 3. The summed E-state index contributed by atoms with van der Waals surface area (Å²) in [4.78, 5) is 18.7. The summed E-state index contributed by atoms with van der Waals surface area (Å²) in [5.41, 5.74) is 9.01. The number of nitrogens with one attached hydrogen (secondary N) is 1. The summed E-state index contributed by atoms with van der Waals surface area (Å²) in [5.74, 6) is 0.274. The molecule has 1 aliphatic heterocycles. The molecule has 1 aromatic heterocycles. The Morgan fingerprint density at radius 3 is 2.73 bits per heavy atom. The van der Waals surface area contributed by atoms with Crippen LogP contribution in [0.2, 0.25) is 0 Å². The molecule has 0 saturated carbocycles. The second-order valence-corrected chi connectivity index (χ2v) is 7.09. The van der Waals surface area contributed by atoms with Gasteiger partial charge < -0.3 is 5.73 Å². The van der Waals surface area contributed by atoms with Crippen LogP contribution < -0.4 is 10.6 Å². The van der Waals surface area contributed by atoms with Gasteiger partial charge in [-0.3, -0.25) is 9.69 Å². The van der Waals surface area contributed by atoms with Crippen LogP contribution in [0.4, 0.5) is 5.95 Å². The maximum absolute atomic E-state index is 12.8. The highest BCUT2D eigenvalue weighted by atomic mass is 79.9. The van der Waals surface area contributed by atoms with E-state index in [4.69, 9.17) is 5.73 Å². The summed E-state index contributed by atoms with van der Waals surface area (Å²) in [7, 11) is 0. The van der Waals surface area contributed by atoms with Crippen molar-refractivity contribution < 1.29 is 4.79 Å². The summed E-state index contributed by atoms with van der Waals surface area (Å²) in [6.07, 6.45) is 3.27. The van der Waals surface area contributed by atoms with Gasteiger partial charge >= 0.3 is 0 Å². The van der Waals surface area contributed by atoms with E-state index in [1.807, 2.05) is 24.3 Å². The monoisotopic (exact) mass is 410 g/mol. The molecule has 2 aromatic rings. The minimum absolute atomic E-state index is 0.0453. The quantitative estimate of drug-likeness (QED) is 0.786. The molecule has 26 heavy (non-hydrogen) atoms. The number of nitriles is 1. The lowest BCUT2D eigenvalue weighted by atomic mass is 9.76. The first kappa shape index (κ1) is 16.5. The normalized spacial score (nSPS) is 20.2. The fourth-order valence-corrected chi connectivity index (χ4v) is 3.89. The van der Waals surface area contributed by atoms with Crippen molar-refractivity contribution in [1.29, 1.82) is 5.26 Å². The number of benzene rings is 1. The molecule has 0 fully saturated rings. The number of anilines is 1. The van der Waals surface area contributed by atoms with Gasteiger partial charge in [0, 0.05) is 22.2 Å². The topological polar surface area (TPSA) is 112 Å². The zero-order valence-corrected chi connectivity index (χ0v) is 15.3. The van der Waals surface area contributed by atoms with Crippen LogP contribution >= 0.6 is 15.9 Å². The third-order valence-electron chi connectivity index (χ3n) is 4.73. The van der Waals surface area contributed by atoms with E-state index in [2.05, 4.69) is 37.2 Å². The highest BCUT2D eigenvalue weighted by Crippen LogP contribution is 2.45. The SMILES string of the molecule is N#CC1=C(N)N(c2ncn[nH]2)C2=C(C(=O)CCC2)[C@@H]1c1ccc(Br)cc1. The van der Waals surface area contributed by atoms with Gasteiger partial charge in [-0.2, -0.15) is 15.3 Å².